The average Bonchev–Trinajstić information content (AvgIpc) is 2.71. The van der Waals surface area contributed by atoms with Crippen molar-refractivity contribution in [2.75, 3.05) is 5.73 Å². The van der Waals surface area contributed by atoms with Gasteiger partial charge in [0, 0.05) is 18.9 Å². The quantitative estimate of drug-likeness (QED) is 0.690. The fourth-order valence-corrected chi connectivity index (χ4v) is 3.72. The summed E-state index contributed by atoms with van der Waals surface area (Å²) in [5.41, 5.74) is 10.4. The van der Waals surface area contributed by atoms with Crippen LogP contribution in [0.1, 0.15) is 36.3 Å². The predicted molar refractivity (Wildman–Crippen MR) is 89.1 cm³/mol. The molecule has 1 aliphatic rings. The van der Waals surface area contributed by atoms with Crippen LogP contribution in [-0.2, 0) is 13.5 Å². The molecule has 0 aliphatic heterocycles. The number of para-hydroxylation sites is 1. The number of carbonyl (C=O) groups excluding carboxylic acids is 1. The van der Waals surface area contributed by atoms with E-state index in [0.717, 1.165) is 34.1 Å². The molecule has 2 aromatic heterocycles. The summed E-state index contributed by atoms with van der Waals surface area (Å²) < 4.78 is 2.06. The van der Waals surface area contributed by atoms with Gasteiger partial charge in [-0.05, 0) is 17.9 Å². The Morgan fingerprint density at radius 1 is 1.23 bits per heavy atom. The number of nitrogens with zero attached hydrogens (tertiary/aromatic N) is 2. The summed E-state index contributed by atoms with van der Waals surface area (Å²) >= 11 is 0. The van der Waals surface area contributed by atoms with E-state index in [2.05, 4.69) is 24.5 Å². The molecule has 0 saturated carbocycles. The molecule has 0 saturated heterocycles. The molecule has 1 aliphatic carbocycles. The summed E-state index contributed by atoms with van der Waals surface area (Å²) in [6.07, 6.45) is 1.32. The average molecular weight is 293 g/mol. The van der Waals surface area contributed by atoms with Crippen molar-refractivity contribution in [3.63, 3.8) is 0 Å². The fourth-order valence-electron chi connectivity index (χ4n) is 3.72. The summed E-state index contributed by atoms with van der Waals surface area (Å²) in [6.45, 7) is 4.22. The smallest absolute Gasteiger partial charge is 0.167 e. The van der Waals surface area contributed by atoms with Crippen molar-refractivity contribution in [1.82, 2.24) is 9.55 Å². The molecular formula is C18H19N3O. The SMILES string of the molecule is Cn1c2ccccc2c2c(N)c3c(nc21)CC(C)(C)CC3=O. The monoisotopic (exact) mass is 293 g/mol. The number of carbonyl (C=O) groups is 1. The van der Waals surface area contributed by atoms with Gasteiger partial charge in [-0.2, -0.15) is 0 Å². The van der Waals surface area contributed by atoms with E-state index in [-0.39, 0.29) is 11.2 Å². The van der Waals surface area contributed by atoms with Crippen molar-refractivity contribution in [2.45, 2.75) is 26.7 Å². The lowest BCUT2D eigenvalue weighted by molar-refractivity contribution is 0.0912. The Kier molecular flexibility index (Phi) is 2.48. The van der Waals surface area contributed by atoms with Crippen molar-refractivity contribution >= 4 is 33.4 Å². The zero-order valence-corrected chi connectivity index (χ0v) is 13.1. The number of hydrogen-bond donors (Lipinski definition) is 1. The Hall–Kier alpha value is -2.36. The van der Waals surface area contributed by atoms with E-state index in [4.69, 9.17) is 10.7 Å². The highest BCUT2D eigenvalue weighted by molar-refractivity contribution is 6.18. The lowest BCUT2D eigenvalue weighted by Gasteiger charge is -2.30. The van der Waals surface area contributed by atoms with Crippen LogP contribution in [0.15, 0.2) is 24.3 Å². The Morgan fingerprint density at radius 2 is 1.95 bits per heavy atom. The first kappa shape index (κ1) is 13.3. The van der Waals surface area contributed by atoms with Gasteiger partial charge in [-0.1, -0.05) is 32.0 Å². The topological polar surface area (TPSA) is 60.9 Å². The number of anilines is 1. The number of hydrogen-bond acceptors (Lipinski definition) is 3. The van der Waals surface area contributed by atoms with Crippen molar-refractivity contribution in [2.24, 2.45) is 12.5 Å². The Bertz CT molecular complexity index is 950. The van der Waals surface area contributed by atoms with Gasteiger partial charge in [-0.15, -0.1) is 0 Å². The third kappa shape index (κ3) is 1.64. The third-order valence-electron chi connectivity index (χ3n) is 4.71. The number of ketones is 1. The van der Waals surface area contributed by atoms with Crippen molar-refractivity contribution < 1.29 is 4.79 Å². The molecule has 0 spiro atoms. The normalized spacial score (nSPS) is 17.1. The van der Waals surface area contributed by atoms with Crippen LogP contribution in [0.2, 0.25) is 0 Å². The second-order valence-electron chi connectivity index (χ2n) is 7.06. The van der Waals surface area contributed by atoms with Crippen LogP contribution in [0.25, 0.3) is 21.9 Å². The summed E-state index contributed by atoms with van der Waals surface area (Å²) in [5, 5.41) is 1.97. The highest BCUT2D eigenvalue weighted by atomic mass is 16.1. The second kappa shape index (κ2) is 4.09. The first-order chi connectivity index (χ1) is 10.4. The molecule has 0 amide bonds. The molecule has 4 rings (SSSR count). The van der Waals surface area contributed by atoms with E-state index in [9.17, 15) is 4.79 Å². The van der Waals surface area contributed by atoms with Crippen LogP contribution < -0.4 is 5.73 Å². The van der Waals surface area contributed by atoms with Gasteiger partial charge < -0.3 is 10.3 Å². The van der Waals surface area contributed by atoms with Gasteiger partial charge in [0.15, 0.2) is 5.78 Å². The van der Waals surface area contributed by atoms with E-state index >= 15 is 0 Å². The minimum absolute atomic E-state index is 0.0538. The molecule has 0 fully saturated rings. The maximum absolute atomic E-state index is 12.6. The minimum Gasteiger partial charge on any atom is -0.397 e. The number of pyridine rings is 1. The molecule has 4 nitrogen and oxygen atoms in total. The van der Waals surface area contributed by atoms with Gasteiger partial charge in [0.2, 0.25) is 0 Å². The van der Waals surface area contributed by atoms with Gasteiger partial charge >= 0.3 is 0 Å². The van der Waals surface area contributed by atoms with Gasteiger partial charge in [0.05, 0.1) is 27.8 Å². The van der Waals surface area contributed by atoms with E-state index < -0.39 is 0 Å². The molecule has 22 heavy (non-hydrogen) atoms. The van der Waals surface area contributed by atoms with Gasteiger partial charge in [0.25, 0.3) is 0 Å². The van der Waals surface area contributed by atoms with Crippen LogP contribution in [0.3, 0.4) is 0 Å². The molecule has 3 aromatic rings. The molecule has 4 heteroatoms. The molecule has 0 atom stereocenters. The van der Waals surface area contributed by atoms with E-state index in [0.29, 0.717) is 17.7 Å². The lowest BCUT2D eigenvalue weighted by atomic mass is 9.75. The third-order valence-corrected chi connectivity index (χ3v) is 4.71. The molecule has 0 unspecified atom stereocenters. The number of benzene rings is 1. The molecule has 2 heterocycles. The molecule has 2 N–H and O–H groups in total. The maximum Gasteiger partial charge on any atom is 0.167 e. The Morgan fingerprint density at radius 3 is 2.73 bits per heavy atom. The van der Waals surface area contributed by atoms with Crippen LogP contribution >= 0.6 is 0 Å². The standard InChI is InChI=1S/C18H19N3O/c1-18(2)8-11-15(13(22)9-18)16(19)14-10-6-4-5-7-12(10)21(3)17(14)20-11/h4-7H,8-9H2,1-3H3,(H2,19,20). The van der Waals surface area contributed by atoms with Gasteiger partial charge in [-0.25, -0.2) is 4.98 Å². The number of aromatic nitrogens is 2. The predicted octanol–water partition coefficient (Wildman–Crippen LogP) is 3.46. The highest BCUT2D eigenvalue weighted by Crippen LogP contribution is 2.41. The molecular weight excluding hydrogens is 274 g/mol. The van der Waals surface area contributed by atoms with Crippen molar-refractivity contribution in [3.8, 4) is 0 Å². The second-order valence-corrected chi connectivity index (χ2v) is 7.06. The maximum atomic E-state index is 12.6. The van der Waals surface area contributed by atoms with E-state index in [1.165, 1.54) is 0 Å². The molecule has 0 radical (unpaired) electrons. The summed E-state index contributed by atoms with van der Waals surface area (Å²) in [6, 6.07) is 8.09. The molecule has 112 valence electrons. The van der Waals surface area contributed by atoms with E-state index in [1.54, 1.807) is 0 Å². The number of rotatable bonds is 0. The lowest BCUT2D eigenvalue weighted by Crippen LogP contribution is -2.29. The van der Waals surface area contributed by atoms with E-state index in [1.807, 2.05) is 25.2 Å². The summed E-state index contributed by atoms with van der Waals surface area (Å²) in [5.74, 6) is 0.117. The first-order valence-corrected chi connectivity index (χ1v) is 7.58. The van der Waals surface area contributed by atoms with Gasteiger partial charge in [0.1, 0.15) is 5.65 Å². The Labute approximate surface area is 128 Å². The van der Waals surface area contributed by atoms with Crippen LogP contribution in [0, 0.1) is 5.41 Å². The number of fused-ring (bicyclic) bond motifs is 4. The van der Waals surface area contributed by atoms with Crippen molar-refractivity contribution in [3.05, 3.63) is 35.5 Å². The fraction of sp³-hybridized carbons (Fsp3) is 0.333. The highest BCUT2D eigenvalue weighted by Gasteiger charge is 2.34. The van der Waals surface area contributed by atoms with Crippen LogP contribution in [-0.4, -0.2) is 15.3 Å². The summed E-state index contributed by atoms with van der Waals surface area (Å²) in [7, 11) is 2.00. The van der Waals surface area contributed by atoms with Crippen molar-refractivity contribution in [1.29, 1.82) is 0 Å². The van der Waals surface area contributed by atoms with Gasteiger partial charge in [-0.3, -0.25) is 4.79 Å². The largest absolute Gasteiger partial charge is 0.397 e. The molecule has 0 bridgehead atoms. The summed E-state index contributed by atoms with van der Waals surface area (Å²) in [4.78, 5) is 17.4. The molecule has 1 aromatic carbocycles. The minimum atomic E-state index is -0.0538. The van der Waals surface area contributed by atoms with Crippen LogP contribution in [0.4, 0.5) is 5.69 Å². The zero-order valence-electron chi connectivity index (χ0n) is 13.1. The Balaban J connectivity index is 2.17. The number of nitrogen functional groups attached to an aromatic ring is 1. The first-order valence-electron chi connectivity index (χ1n) is 7.58. The number of aryl methyl sites for hydroxylation is 1. The number of nitrogens with two attached hydrogens (primary N) is 1. The number of Topliss-reactive ketones (excluding diaryl/α,β-unsaturated/α-hetero) is 1. The van der Waals surface area contributed by atoms with Crippen LogP contribution in [0.5, 0.6) is 0 Å². The zero-order chi connectivity index (χ0) is 15.6.